The first-order chi connectivity index (χ1) is 10.4. The summed E-state index contributed by atoms with van der Waals surface area (Å²) in [6, 6.07) is 8.21. The predicted molar refractivity (Wildman–Crippen MR) is 87.1 cm³/mol. The number of oxime groups is 1. The summed E-state index contributed by atoms with van der Waals surface area (Å²) < 4.78 is 0. The van der Waals surface area contributed by atoms with Gasteiger partial charge >= 0.3 is 6.09 Å². The van der Waals surface area contributed by atoms with Gasteiger partial charge < -0.3 is 10.3 Å². The zero-order valence-corrected chi connectivity index (χ0v) is 13.2. The van der Waals surface area contributed by atoms with Crippen molar-refractivity contribution in [2.75, 3.05) is 0 Å². The maximum atomic E-state index is 11.7. The molecule has 116 valence electrons. The van der Waals surface area contributed by atoms with Crippen molar-refractivity contribution >= 4 is 22.7 Å². The van der Waals surface area contributed by atoms with Crippen molar-refractivity contribution < 1.29 is 9.63 Å². The Hall–Kier alpha value is -2.30. The first-order valence-electron chi connectivity index (χ1n) is 7.60. The minimum Gasteiger partial charge on any atom is -0.353 e. The van der Waals surface area contributed by atoms with Crippen molar-refractivity contribution in [2.45, 2.75) is 45.6 Å². The van der Waals surface area contributed by atoms with Gasteiger partial charge in [-0.15, -0.1) is 0 Å². The van der Waals surface area contributed by atoms with E-state index in [1.165, 1.54) is 10.9 Å². The number of amides is 1. The molecule has 0 fully saturated rings. The number of para-hydroxylation sites is 1. The van der Waals surface area contributed by atoms with Crippen molar-refractivity contribution in [3.05, 3.63) is 35.5 Å². The van der Waals surface area contributed by atoms with Gasteiger partial charge in [0.25, 0.3) is 0 Å². The highest BCUT2D eigenvalue weighted by molar-refractivity contribution is 6.06. The molecule has 0 spiro atoms. The third kappa shape index (κ3) is 2.98. The Bertz CT molecular complexity index is 738. The summed E-state index contributed by atoms with van der Waals surface area (Å²) >= 11 is 0. The van der Waals surface area contributed by atoms with E-state index < -0.39 is 6.09 Å². The fourth-order valence-corrected chi connectivity index (χ4v) is 2.78. The molecule has 2 aromatic rings. The van der Waals surface area contributed by atoms with E-state index in [1.54, 1.807) is 0 Å². The third-order valence-corrected chi connectivity index (χ3v) is 3.66. The van der Waals surface area contributed by atoms with Gasteiger partial charge in [0.15, 0.2) is 0 Å². The molecule has 0 bridgehead atoms. The molecule has 0 saturated carbocycles. The molecule has 0 saturated heterocycles. The summed E-state index contributed by atoms with van der Waals surface area (Å²) in [5.74, 6) is 0. The van der Waals surface area contributed by atoms with E-state index in [0.29, 0.717) is 0 Å². The van der Waals surface area contributed by atoms with Crippen LogP contribution in [0.1, 0.15) is 44.9 Å². The minimum absolute atomic E-state index is 0.337. The van der Waals surface area contributed by atoms with E-state index in [2.05, 4.69) is 27.6 Å². The molecule has 5 heteroatoms. The van der Waals surface area contributed by atoms with Gasteiger partial charge in [-0.05, 0) is 51.7 Å². The molecule has 1 heterocycles. The van der Waals surface area contributed by atoms with E-state index in [9.17, 15) is 4.79 Å². The van der Waals surface area contributed by atoms with Crippen LogP contribution in [0.2, 0.25) is 0 Å². The van der Waals surface area contributed by atoms with Crippen molar-refractivity contribution in [2.24, 2.45) is 5.16 Å². The van der Waals surface area contributed by atoms with Gasteiger partial charge in [-0.2, -0.15) is 0 Å². The highest BCUT2D eigenvalue weighted by atomic mass is 16.7. The van der Waals surface area contributed by atoms with Crippen LogP contribution in [0, 0.1) is 0 Å². The molecule has 1 aliphatic carbocycles. The lowest BCUT2D eigenvalue weighted by molar-refractivity contribution is 0.141. The molecule has 0 atom stereocenters. The summed E-state index contributed by atoms with van der Waals surface area (Å²) in [6.45, 7) is 5.70. The summed E-state index contributed by atoms with van der Waals surface area (Å²) in [4.78, 5) is 20.2. The Morgan fingerprint density at radius 2 is 2.05 bits per heavy atom. The van der Waals surface area contributed by atoms with E-state index in [0.717, 1.165) is 36.2 Å². The Kier molecular flexibility index (Phi) is 3.64. The topological polar surface area (TPSA) is 66.5 Å². The van der Waals surface area contributed by atoms with Crippen LogP contribution in [0.15, 0.2) is 29.4 Å². The molecule has 1 amide bonds. The normalized spacial score (nSPS) is 16.6. The Morgan fingerprint density at radius 1 is 1.27 bits per heavy atom. The van der Waals surface area contributed by atoms with Gasteiger partial charge in [0, 0.05) is 16.4 Å². The molecule has 0 aliphatic heterocycles. The number of hydrogen-bond donors (Lipinski definition) is 2. The number of H-pyrrole nitrogens is 1. The quantitative estimate of drug-likeness (QED) is 0.622. The van der Waals surface area contributed by atoms with E-state index in [4.69, 9.17) is 4.84 Å². The number of aromatic nitrogens is 1. The van der Waals surface area contributed by atoms with Gasteiger partial charge in [0.2, 0.25) is 0 Å². The lowest BCUT2D eigenvalue weighted by Gasteiger charge is -2.19. The third-order valence-electron chi connectivity index (χ3n) is 3.66. The number of fused-ring (bicyclic) bond motifs is 3. The van der Waals surface area contributed by atoms with Gasteiger partial charge in [-0.3, -0.25) is 4.84 Å². The number of aromatic amines is 1. The molecular weight excluding hydrogens is 278 g/mol. The Morgan fingerprint density at radius 3 is 2.82 bits per heavy atom. The first-order valence-corrected chi connectivity index (χ1v) is 7.60. The molecular formula is C17H21N3O2. The number of carbonyl (C=O) groups excluding carboxylic acids is 1. The van der Waals surface area contributed by atoms with Crippen LogP contribution in [0.5, 0.6) is 0 Å². The summed E-state index contributed by atoms with van der Waals surface area (Å²) in [7, 11) is 0. The summed E-state index contributed by atoms with van der Waals surface area (Å²) in [6.07, 6.45) is 2.32. The minimum atomic E-state index is -0.525. The van der Waals surface area contributed by atoms with Crippen molar-refractivity contribution in [3.63, 3.8) is 0 Å². The second kappa shape index (κ2) is 5.48. The number of aryl methyl sites for hydroxylation is 1. The van der Waals surface area contributed by atoms with Crippen molar-refractivity contribution in [1.29, 1.82) is 0 Å². The molecule has 5 nitrogen and oxygen atoms in total. The molecule has 1 aliphatic rings. The molecule has 1 aromatic carbocycles. The largest absolute Gasteiger partial charge is 0.433 e. The highest BCUT2D eigenvalue weighted by Crippen LogP contribution is 2.29. The van der Waals surface area contributed by atoms with E-state index >= 15 is 0 Å². The summed E-state index contributed by atoms with van der Waals surface area (Å²) in [5, 5.41) is 8.03. The lowest BCUT2D eigenvalue weighted by atomic mass is 9.94. The standard InChI is InChI=1S/C17H21N3O2/c1-17(2,3)19-16(21)22-20-14-10-6-8-12-11-7-4-5-9-13(11)18-15(12)14/h4-5,7,9,18H,6,8,10H2,1-3H3,(H,19,21)/b20-14+. The number of benzene rings is 1. The smallest absolute Gasteiger partial charge is 0.353 e. The summed E-state index contributed by atoms with van der Waals surface area (Å²) in [5.41, 5.74) is 3.83. The van der Waals surface area contributed by atoms with Crippen LogP contribution < -0.4 is 5.32 Å². The fraction of sp³-hybridized carbons (Fsp3) is 0.412. The molecule has 0 unspecified atom stereocenters. The van der Waals surface area contributed by atoms with E-state index in [-0.39, 0.29) is 5.54 Å². The zero-order chi connectivity index (χ0) is 15.7. The second-order valence-corrected chi connectivity index (χ2v) is 6.67. The number of rotatable bonds is 1. The molecule has 2 N–H and O–H groups in total. The van der Waals surface area contributed by atoms with Crippen LogP contribution in [-0.4, -0.2) is 22.3 Å². The number of nitrogens with zero attached hydrogens (tertiary/aromatic N) is 1. The highest BCUT2D eigenvalue weighted by Gasteiger charge is 2.22. The average Bonchev–Trinajstić information content (AvgIpc) is 2.82. The molecule has 3 rings (SSSR count). The van der Waals surface area contributed by atoms with Gasteiger partial charge in [0.1, 0.15) is 5.71 Å². The first kappa shape index (κ1) is 14.6. The number of nitrogens with one attached hydrogen (secondary N) is 2. The maximum absolute atomic E-state index is 11.7. The second-order valence-electron chi connectivity index (χ2n) is 6.67. The number of carbonyl (C=O) groups is 1. The lowest BCUT2D eigenvalue weighted by Crippen LogP contribution is -2.40. The maximum Gasteiger partial charge on any atom is 0.433 e. The zero-order valence-electron chi connectivity index (χ0n) is 13.2. The van der Waals surface area contributed by atoms with Gasteiger partial charge in [0.05, 0.1) is 5.69 Å². The Labute approximate surface area is 129 Å². The SMILES string of the molecule is CC(C)(C)NC(=O)O/N=C1\CCCc2c1[nH]c1ccccc21. The Balaban J connectivity index is 1.85. The van der Waals surface area contributed by atoms with Crippen LogP contribution in [0.4, 0.5) is 4.79 Å². The monoisotopic (exact) mass is 299 g/mol. The fourth-order valence-electron chi connectivity index (χ4n) is 2.78. The van der Waals surface area contributed by atoms with Crippen LogP contribution in [0.3, 0.4) is 0 Å². The molecule has 0 radical (unpaired) electrons. The van der Waals surface area contributed by atoms with Crippen LogP contribution in [0.25, 0.3) is 10.9 Å². The predicted octanol–water partition coefficient (Wildman–Crippen LogP) is 3.73. The van der Waals surface area contributed by atoms with Crippen LogP contribution >= 0.6 is 0 Å². The number of hydrogen-bond acceptors (Lipinski definition) is 3. The average molecular weight is 299 g/mol. The van der Waals surface area contributed by atoms with Gasteiger partial charge in [-0.25, -0.2) is 4.79 Å². The van der Waals surface area contributed by atoms with Crippen LogP contribution in [-0.2, 0) is 11.3 Å². The molecule has 22 heavy (non-hydrogen) atoms. The van der Waals surface area contributed by atoms with Gasteiger partial charge in [-0.1, -0.05) is 23.4 Å². The van der Waals surface area contributed by atoms with Crippen molar-refractivity contribution in [1.82, 2.24) is 10.3 Å². The molecule has 1 aromatic heterocycles. The van der Waals surface area contributed by atoms with Crippen molar-refractivity contribution in [3.8, 4) is 0 Å². The van der Waals surface area contributed by atoms with E-state index in [1.807, 2.05) is 32.9 Å².